The minimum absolute atomic E-state index is 0.0419. The number of nitrogens with one attached hydrogen (secondary N) is 1. The molecule has 1 saturated carbocycles. The molecule has 0 unspecified atom stereocenters. The van der Waals surface area contributed by atoms with Gasteiger partial charge >= 0.3 is 0 Å². The van der Waals surface area contributed by atoms with Gasteiger partial charge in [0.1, 0.15) is 0 Å². The van der Waals surface area contributed by atoms with E-state index in [-0.39, 0.29) is 23.8 Å². The maximum Gasteiger partial charge on any atom is 0.225 e. The molecule has 1 saturated heterocycles. The minimum atomic E-state index is -0.220. The highest BCUT2D eigenvalue weighted by Crippen LogP contribution is 2.32. The predicted molar refractivity (Wildman–Crippen MR) is 78.2 cm³/mol. The van der Waals surface area contributed by atoms with Crippen molar-refractivity contribution in [2.75, 3.05) is 13.1 Å². The molecule has 1 aromatic heterocycles. The molecule has 21 heavy (non-hydrogen) atoms. The standard InChI is InChI=1S/C16H21N3O2/c1-11(14-4-2-3-7-17-14)18-16(21)13-8-15(20)19(10-13)9-12-5-6-12/h2-4,7,11-13H,5-6,8-10H2,1H3,(H,18,21)/t11-,13-/m1/s1. The Labute approximate surface area is 124 Å². The lowest BCUT2D eigenvalue weighted by molar-refractivity contribution is -0.129. The molecule has 112 valence electrons. The Morgan fingerprint density at radius 3 is 2.95 bits per heavy atom. The van der Waals surface area contributed by atoms with Crippen molar-refractivity contribution in [3.8, 4) is 0 Å². The van der Waals surface area contributed by atoms with Gasteiger partial charge in [0.2, 0.25) is 11.8 Å². The average molecular weight is 287 g/mol. The van der Waals surface area contributed by atoms with Gasteiger partial charge in [-0.3, -0.25) is 14.6 Å². The first-order chi connectivity index (χ1) is 10.1. The first-order valence-electron chi connectivity index (χ1n) is 7.62. The number of hydrogen-bond acceptors (Lipinski definition) is 3. The van der Waals surface area contributed by atoms with Crippen molar-refractivity contribution in [3.63, 3.8) is 0 Å². The lowest BCUT2D eigenvalue weighted by atomic mass is 10.1. The Balaban J connectivity index is 1.54. The summed E-state index contributed by atoms with van der Waals surface area (Å²) >= 11 is 0. The number of amides is 2. The third-order valence-electron chi connectivity index (χ3n) is 4.25. The van der Waals surface area contributed by atoms with Gasteiger partial charge in [-0.25, -0.2) is 0 Å². The van der Waals surface area contributed by atoms with Crippen molar-refractivity contribution in [1.29, 1.82) is 0 Å². The highest BCUT2D eigenvalue weighted by molar-refractivity contribution is 5.89. The summed E-state index contributed by atoms with van der Waals surface area (Å²) in [5.74, 6) is 0.526. The van der Waals surface area contributed by atoms with E-state index in [1.165, 1.54) is 12.8 Å². The summed E-state index contributed by atoms with van der Waals surface area (Å²) in [6.45, 7) is 3.31. The van der Waals surface area contributed by atoms with Crippen LogP contribution in [-0.2, 0) is 9.59 Å². The quantitative estimate of drug-likeness (QED) is 0.893. The number of carbonyl (C=O) groups excluding carboxylic acids is 2. The first-order valence-corrected chi connectivity index (χ1v) is 7.62. The van der Waals surface area contributed by atoms with E-state index in [0.29, 0.717) is 18.9 Å². The molecule has 2 aliphatic rings. The van der Waals surface area contributed by atoms with Crippen molar-refractivity contribution in [2.24, 2.45) is 11.8 Å². The topological polar surface area (TPSA) is 62.3 Å². The zero-order chi connectivity index (χ0) is 14.8. The third-order valence-corrected chi connectivity index (χ3v) is 4.25. The van der Waals surface area contributed by atoms with Crippen LogP contribution in [0.3, 0.4) is 0 Å². The second-order valence-corrected chi connectivity index (χ2v) is 6.13. The van der Waals surface area contributed by atoms with Crippen LogP contribution in [0.25, 0.3) is 0 Å². The Hall–Kier alpha value is -1.91. The Bertz CT molecular complexity index is 528. The number of carbonyl (C=O) groups is 2. The van der Waals surface area contributed by atoms with Crippen LogP contribution in [0.4, 0.5) is 0 Å². The normalized spacial score (nSPS) is 23.2. The van der Waals surface area contributed by atoms with Gasteiger partial charge in [-0.2, -0.15) is 0 Å². The Morgan fingerprint density at radius 1 is 1.48 bits per heavy atom. The molecule has 1 aromatic rings. The van der Waals surface area contributed by atoms with Crippen LogP contribution >= 0.6 is 0 Å². The smallest absolute Gasteiger partial charge is 0.225 e. The molecule has 0 spiro atoms. The molecule has 2 amide bonds. The van der Waals surface area contributed by atoms with Crippen LogP contribution < -0.4 is 5.32 Å². The van der Waals surface area contributed by atoms with Gasteiger partial charge in [0, 0.05) is 25.7 Å². The lowest BCUT2D eigenvalue weighted by Gasteiger charge is -2.18. The summed E-state index contributed by atoms with van der Waals surface area (Å²) in [6, 6.07) is 5.51. The summed E-state index contributed by atoms with van der Waals surface area (Å²) in [5.41, 5.74) is 0.838. The lowest BCUT2D eigenvalue weighted by Crippen LogP contribution is -2.35. The highest BCUT2D eigenvalue weighted by atomic mass is 16.2. The van der Waals surface area contributed by atoms with E-state index in [4.69, 9.17) is 0 Å². The van der Waals surface area contributed by atoms with Crippen molar-refractivity contribution in [3.05, 3.63) is 30.1 Å². The van der Waals surface area contributed by atoms with Gasteiger partial charge < -0.3 is 10.2 Å². The van der Waals surface area contributed by atoms with Gasteiger partial charge in [-0.1, -0.05) is 6.07 Å². The van der Waals surface area contributed by atoms with E-state index in [1.54, 1.807) is 6.20 Å². The predicted octanol–water partition coefficient (Wildman–Crippen LogP) is 1.52. The Morgan fingerprint density at radius 2 is 2.29 bits per heavy atom. The number of rotatable bonds is 5. The second-order valence-electron chi connectivity index (χ2n) is 6.13. The molecule has 3 rings (SSSR count). The van der Waals surface area contributed by atoms with E-state index < -0.39 is 0 Å². The Kier molecular flexibility index (Phi) is 3.90. The van der Waals surface area contributed by atoms with E-state index >= 15 is 0 Å². The number of aromatic nitrogens is 1. The van der Waals surface area contributed by atoms with Crippen LogP contribution in [0.1, 0.15) is 37.9 Å². The number of pyridine rings is 1. The molecule has 2 heterocycles. The fourth-order valence-corrected chi connectivity index (χ4v) is 2.77. The summed E-state index contributed by atoms with van der Waals surface area (Å²) in [6.07, 6.45) is 4.50. The molecule has 0 bridgehead atoms. The zero-order valence-corrected chi connectivity index (χ0v) is 12.3. The van der Waals surface area contributed by atoms with Crippen LogP contribution in [0, 0.1) is 11.8 Å². The highest BCUT2D eigenvalue weighted by Gasteiger charge is 2.37. The second kappa shape index (κ2) is 5.84. The fraction of sp³-hybridized carbons (Fsp3) is 0.562. The van der Waals surface area contributed by atoms with Gasteiger partial charge in [-0.15, -0.1) is 0 Å². The molecule has 2 fully saturated rings. The average Bonchev–Trinajstić information content (AvgIpc) is 3.23. The van der Waals surface area contributed by atoms with Crippen molar-refractivity contribution < 1.29 is 9.59 Å². The SMILES string of the molecule is C[C@@H](NC(=O)[C@@H]1CC(=O)N(CC2CC2)C1)c1ccccn1. The van der Waals surface area contributed by atoms with Crippen molar-refractivity contribution in [2.45, 2.75) is 32.2 Å². The molecular weight excluding hydrogens is 266 g/mol. The maximum atomic E-state index is 12.3. The van der Waals surface area contributed by atoms with Crippen molar-refractivity contribution in [1.82, 2.24) is 15.2 Å². The van der Waals surface area contributed by atoms with E-state index in [2.05, 4.69) is 10.3 Å². The molecule has 1 aliphatic heterocycles. The molecule has 2 atom stereocenters. The summed E-state index contributed by atoms with van der Waals surface area (Å²) in [7, 11) is 0. The fourth-order valence-electron chi connectivity index (χ4n) is 2.77. The van der Waals surface area contributed by atoms with Crippen molar-refractivity contribution >= 4 is 11.8 Å². The van der Waals surface area contributed by atoms with Crippen LogP contribution in [0.5, 0.6) is 0 Å². The molecule has 5 nitrogen and oxygen atoms in total. The van der Waals surface area contributed by atoms with Gasteiger partial charge in [0.05, 0.1) is 17.7 Å². The third kappa shape index (κ3) is 3.40. The summed E-state index contributed by atoms with van der Waals surface area (Å²) in [4.78, 5) is 30.3. The molecular formula is C16H21N3O2. The molecule has 5 heteroatoms. The minimum Gasteiger partial charge on any atom is -0.348 e. The molecule has 1 N–H and O–H groups in total. The van der Waals surface area contributed by atoms with Crippen LogP contribution in [0.2, 0.25) is 0 Å². The first kappa shape index (κ1) is 14.0. The van der Waals surface area contributed by atoms with Gasteiger partial charge in [0.15, 0.2) is 0 Å². The van der Waals surface area contributed by atoms with Gasteiger partial charge in [0.25, 0.3) is 0 Å². The number of nitrogens with zero attached hydrogens (tertiary/aromatic N) is 2. The maximum absolute atomic E-state index is 12.3. The number of likely N-dealkylation sites (tertiary alicyclic amines) is 1. The molecule has 0 radical (unpaired) electrons. The monoisotopic (exact) mass is 287 g/mol. The zero-order valence-electron chi connectivity index (χ0n) is 12.3. The van der Waals surface area contributed by atoms with Crippen LogP contribution in [-0.4, -0.2) is 34.8 Å². The van der Waals surface area contributed by atoms with Gasteiger partial charge in [-0.05, 0) is 37.8 Å². The van der Waals surface area contributed by atoms with E-state index in [9.17, 15) is 9.59 Å². The van der Waals surface area contributed by atoms with E-state index in [0.717, 1.165) is 12.2 Å². The molecule has 1 aliphatic carbocycles. The summed E-state index contributed by atoms with van der Waals surface area (Å²) < 4.78 is 0. The number of hydrogen-bond donors (Lipinski definition) is 1. The molecule has 0 aromatic carbocycles. The largest absolute Gasteiger partial charge is 0.348 e. The van der Waals surface area contributed by atoms with Crippen LogP contribution in [0.15, 0.2) is 24.4 Å². The summed E-state index contributed by atoms with van der Waals surface area (Å²) in [5, 5.41) is 2.97. The van der Waals surface area contributed by atoms with E-state index in [1.807, 2.05) is 30.0 Å².